The van der Waals surface area contributed by atoms with Crippen molar-refractivity contribution in [2.45, 2.75) is 45.6 Å². The number of rotatable bonds is 5. The molecule has 1 aliphatic rings. The maximum atomic E-state index is 5.96. The van der Waals surface area contributed by atoms with Crippen LogP contribution in [0.2, 0.25) is 0 Å². The predicted molar refractivity (Wildman–Crippen MR) is 109 cm³/mol. The summed E-state index contributed by atoms with van der Waals surface area (Å²) in [5.41, 5.74) is 5.00. The number of hydrogen-bond donors (Lipinski definition) is 1. The van der Waals surface area contributed by atoms with Crippen molar-refractivity contribution >= 4 is 0 Å². The Morgan fingerprint density at radius 2 is 1.70 bits per heavy atom. The van der Waals surface area contributed by atoms with Crippen molar-refractivity contribution in [3.8, 4) is 17.2 Å². The topological polar surface area (TPSA) is 39.7 Å². The second-order valence-electron chi connectivity index (χ2n) is 7.94. The van der Waals surface area contributed by atoms with Gasteiger partial charge in [-0.1, -0.05) is 32.9 Å². The molecule has 0 aromatic heterocycles. The van der Waals surface area contributed by atoms with Crippen molar-refractivity contribution in [2.75, 3.05) is 27.4 Å². The van der Waals surface area contributed by atoms with E-state index in [0.717, 1.165) is 30.2 Å². The molecule has 3 rings (SSSR count). The van der Waals surface area contributed by atoms with Gasteiger partial charge in [0.15, 0.2) is 11.5 Å². The molecule has 1 atom stereocenters. The minimum Gasteiger partial charge on any atom is -0.496 e. The molecule has 0 radical (unpaired) electrons. The number of nitrogens with one attached hydrogen (secondary N) is 1. The molecule has 27 heavy (non-hydrogen) atoms. The average Bonchev–Trinajstić information content (AvgIpc) is 2.66. The molecule has 0 spiro atoms. The number of benzene rings is 2. The fraction of sp³-hybridized carbons (Fsp3) is 0.478. The Balaban J connectivity index is 2.15. The highest BCUT2D eigenvalue weighted by Gasteiger charge is 2.29. The lowest BCUT2D eigenvalue weighted by molar-refractivity contribution is 0.305. The molecule has 2 aromatic carbocycles. The van der Waals surface area contributed by atoms with Crippen LogP contribution in [-0.2, 0) is 11.8 Å². The van der Waals surface area contributed by atoms with Gasteiger partial charge < -0.3 is 19.5 Å². The van der Waals surface area contributed by atoms with E-state index in [1.807, 2.05) is 13.0 Å². The van der Waals surface area contributed by atoms with Crippen LogP contribution in [0, 0.1) is 0 Å². The predicted octanol–water partition coefficient (Wildman–Crippen LogP) is 4.64. The number of ether oxygens (including phenoxy) is 3. The van der Waals surface area contributed by atoms with Gasteiger partial charge in [0.05, 0.1) is 26.9 Å². The highest BCUT2D eigenvalue weighted by Crippen LogP contribution is 2.42. The Morgan fingerprint density at radius 1 is 1.00 bits per heavy atom. The molecule has 0 amide bonds. The minimum atomic E-state index is 0.0658. The van der Waals surface area contributed by atoms with Crippen molar-refractivity contribution in [3.05, 3.63) is 52.6 Å². The number of methoxy groups -OCH3 is 2. The molecule has 1 aliphatic heterocycles. The SMILES string of the molecule is CCOc1c(OC)ccc2c1CCNC2c1cc(C(C)(C)C)ccc1OC. The third-order valence-electron chi connectivity index (χ3n) is 5.21. The molecule has 1 unspecified atom stereocenters. The van der Waals surface area contributed by atoms with Crippen LogP contribution in [0.5, 0.6) is 17.2 Å². The Bertz CT molecular complexity index is 808. The van der Waals surface area contributed by atoms with E-state index in [4.69, 9.17) is 14.2 Å². The molecule has 0 saturated carbocycles. The van der Waals surface area contributed by atoms with E-state index in [0.29, 0.717) is 6.61 Å². The second-order valence-corrected chi connectivity index (χ2v) is 7.94. The van der Waals surface area contributed by atoms with Gasteiger partial charge in [0.2, 0.25) is 0 Å². The highest BCUT2D eigenvalue weighted by atomic mass is 16.5. The Kier molecular flexibility index (Phi) is 5.66. The summed E-state index contributed by atoms with van der Waals surface area (Å²) in [6, 6.07) is 10.7. The molecule has 2 aromatic rings. The summed E-state index contributed by atoms with van der Waals surface area (Å²) in [7, 11) is 3.43. The lowest BCUT2D eigenvalue weighted by Crippen LogP contribution is -2.31. The largest absolute Gasteiger partial charge is 0.496 e. The molecule has 4 nitrogen and oxygen atoms in total. The van der Waals surface area contributed by atoms with Gasteiger partial charge in [-0.25, -0.2) is 0 Å². The summed E-state index contributed by atoms with van der Waals surface area (Å²) in [6.45, 7) is 10.2. The van der Waals surface area contributed by atoms with Crippen LogP contribution in [0.3, 0.4) is 0 Å². The smallest absolute Gasteiger partial charge is 0.164 e. The molecule has 146 valence electrons. The van der Waals surface area contributed by atoms with Gasteiger partial charge in [-0.15, -0.1) is 0 Å². The van der Waals surface area contributed by atoms with E-state index >= 15 is 0 Å². The lowest BCUT2D eigenvalue weighted by Gasteiger charge is -2.31. The minimum absolute atomic E-state index is 0.0658. The Hall–Kier alpha value is -2.20. The van der Waals surface area contributed by atoms with Crippen LogP contribution >= 0.6 is 0 Å². The third-order valence-corrected chi connectivity index (χ3v) is 5.21. The van der Waals surface area contributed by atoms with Gasteiger partial charge in [0, 0.05) is 17.7 Å². The molecule has 1 N–H and O–H groups in total. The van der Waals surface area contributed by atoms with Crippen LogP contribution in [0.4, 0.5) is 0 Å². The quantitative estimate of drug-likeness (QED) is 0.834. The normalized spacial score (nSPS) is 16.6. The molecule has 0 aliphatic carbocycles. The lowest BCUT2D eigenvalue weighted by atomic mass is 9.82. The van der Waals surface area contributed by atoms with E-state index in [9.17, 15) is 0 Å². The molecular weight excluding hydrogens is 338 g/mol. The van der Waals surface area contributed by atoms with Gasteiger partial charge in [-0.2, -0.15) is 0 Å². The summed E-state index contributed by atoms with van der Waals surface area (Å²) < 4.78 is 17.2. The summed E-state index contributed by atoms with van der Waals surface area (Å²) >= 11 is 0. The van der Waals surface area contributed by atoms with Crippen LogP contribution in [0.25, 0.3) is 0 Å². The van der Waals surface area contributed by atoms with Gasteiger partial charge >= 0.3 is 0 Å². The third kappa shape index (κ3) is 3.77. The van der Waals surface area contributed by atoms with Gasteiger partial charge in [0.1, 0.15) is 5.75 Å². The number of hydrogen-bond acceptors (Lipinski definition) is 4. The first kappa shape index (κ1) is 19.6. The van der Waals surface area contributed by atoms with E-state index in [2.05, 4.69) is 50.4 Å². The van der Waals surface area contributed by atoms with Crippen LogP contribution < -0.4 is 19.5 Å². The fourth-order valence-electron chi connectivity index (χ4n) is 3.77. The molecule has 0 saturated heterocycles. The van der Waals surface area contributed by atoms with Gasteiger partial charge in [-0.3, -0.25) is 0 Å². The first-order valence-corrected chi connectivity index (χ1v) is 9.65. The van der Waals surface area contributed by atoms with Gasteiger partial charge in [0.25, 0.3) is 0 Å². The summed E-state index contributed by atoms with van der Waals surface area (Å²) in [6.07, 6.45) is 0.916. The zero-order chi connectivity index (χ0) is 19.6. The van der Waals surface area contributed by atoms with E-state index in [1.165, 1.54) is 22.3 Å². The fourth-order valence-corrected chi connectivity index (χ4v) is 3.77. The first-order chi connectivity index (χ1) is 12.9. The van der Waals surface area contributed by atoms with Gasteiger partial charge in [-0.05, 0) is 48.1 Å². The van der Waals surface area contributed by atoms with Crippen molar-refractivity contribution in [3.63, 3.8) is 0 Å². The number of fused-ring (bicyclic) bond motifs is 1. The van der Waals surface area contributed by atoms with Crippen LogP contribution in [0.1, 0.15) is 56.0 Å². The molecule has 0 bridgehead atoms. The Labute approximate surface area is 162 Å². The van der Waals surface area contributed by atoms with Crippen molar-refractivity contribution < 1.29 is 14.2 Å². The van der Waals surface area contributed by atoms with Crippen LogP contribution in [-0.4, -0.2) is 27.4 Å². The van der Waals surface area contributed by atoms with E-state index in [-0.39, 0.29) is 11.5 Å². The van der Waals surface area contributed by atoms with Crippen molar-refractivity contribution in [1.29, 1.82) is 0 Å². The zero-order valence-corrected chi connectivity index (χ0v) is 17.3. The van der Waals surface area contributed by atoms with E-state index in [1.54, 1.807) is 14.2 Å². The summed E-state index contributed by atoms with van der Waals surface area (Å²) in [5, 5.41) is 3.68. The maximum Gasteiger partial charge on any atom is 0.164 e. The summed E-state index contributed by atoms with van der Waals surface area (Å²) in [4.78, 5) is 0. The molecule has 0 fully saturated rings. The summed E-state index contributed by atoms with van der Waals surface area (Å²) in [5.74, 6) is 2.57. The van der Waals surface area contributed by atoms with Crippen molar-refractivity contribution in [2.24, 2.45) is 0 Å². The second kappa shape index (κ2) is 7.81. The Morgan fingerprint density at radius 3 is 2.33 bits per heavy atom. The standard InChI is InChI=1S/C23H31NO3/c1-7-27-22-17-12-13-24-21(16(17)9-11-20(22)26-6)18-14-15(23(2,3)4)8-10-19(18)25-5/h8-11,14,21,24H,7,12-13H2,1-6H3. The van der Waals surface area contributed by atoms with Crippen molar-refractivity contribution in [1.82, 2.24) is 5.32 Å². The zero-order valence-electron chi connectivity index (χ0n) is 17.3. The first-order valence-electron chi connectivity index (χ1n) is 9.65. The van der Waals surface area contributed by atoms with E-state index < -0.39 is 0 Å². The molecular formula is C23H31NO3. The van der Waals surface area contributed by atoms with Crippen LogP contribution in [0.15, 0.2) is 30.3 Å². The highest BCUT2D eigenvalue weighted by molar-refractivity contribution is 5.56. The molecule has 1 heterocycles. The maximum absolute atomic E-state index is 5.96. The average molecular weight is 370 g/mol. The molecule has 4 heteroatoms. The monoisotopic (exact) mass is 369 g/mol.